The molecular weight excluding hydrogens is 779 g/mol. The van der Waals surface area contributed by atoms with Crippen LogP contribution in [0.2, 0.25) is 0 Å². The summed E-state index contributed by atoms with van der Waals surface area (Å²) in [6.45, 7) is 20.0. The van der Waals surface area contributed by atoms with Crippen LogP contribution in [0.15, 0.2) is 164 Å². The average molecular weight is 834 g/mol. The fourth-order valence-electron chi connectivity index (χ4n) is 9.36. The molecule has 0 aliphatic carbocycles. The number of benzene rings is 8. The standard InChI is InChI=1S/C60H55N3O/c1-58(2,3)41-27-31-51(47(34-41)38-21-14-11-15-22-38)63-52-32-29-45-43-25-16-17-26-44(43)46-28-30-50(40-24-18-23-39(33-40)37-19-12-10-13-20-37)61-54(46)53(45)55(52)62-57(63)48-35-42(59(4,5)6)36-49(56(48)64)60(7,8)9/h10-36,64H,1-9H3. The van der Waals surface area contributed by atoms with E-state index >= 15 is 0 Å². The van der Waals surface area contributed by atoms with E-state index in [1.54, 1.807) is 0 Å². The molecule has 2 aromatic heterocycles. The van der Waals surface area contributed by atoms with Crippen molar-refractivity contribution in [1.82, 2.24) is 14.5 Å². The lowest BCUT2D eigenvalue weighted by Gasteiger charge is -2.28. The molecule has 0 saturated carbocycles. The maximum Gasteiger partial charge on any atom is 0.149 e. The lowest BCUT2D eigenvalue weighted by atomic mass is 9.79. The molecule has 1 N–H and O–H groups in total. The SMILES string of the molecule is CC(C)(C)c1ccc(-n2c(-c3cc(C(C)(C)C)cc(C(C)(C)C)c3O)nc3c4c(ccc32)c2ccccc2c2ccc(-c3cccc(-c5ccccc5)c3)nc24)c(-c2ccccc2)c1. The highest BCUT2D eigenvalue weighted by Crippen LogP contribution is 2.47. The van der Waals surface area contributed by atoms with E-state index in [9.17, 15) is 5.11 Å². The van der Waals surface area contributed by atoms with Crippen molar-refractivity contribution >= 4 is 43.5 Å². The summed E-state index contributed by atoms with van der Waals surface area (Å²) >= 11 is 0. The second-order valence-corrected chi connectivity index (χ2v) is 20.5. The topological polar surface area (TPSA) is 50.9 Å². The molecule has 0 bridgehead atoms. The third-order valence-electron chi connectivity index (χ3n) is 12.9. The molecule has 0 amide bonds. The van der Waals surface area contributed by atoms with E-state index in [1.165, 1.54) is 11.1 Å². The fourth-order valence-corrected chi connectivity index (χ4v) is 9.36. The van der Waals surface area contributed by atoms with Gasteiger partial charge in [0.2, 0.25) is 0 Å². The van der Waals surface area contributed by atoms with E-state index in [4.69, 9.17) is 9.97 Å². The van der Waals surface area contributed by atoms with Gasteiger partial charge in [-0.2, -0.15) is 0 Å². The number of aromatic nitrogens is 3. The van der Waals surface area contributed by atoms with Gasteiger partial charge in [-0.05, 0) is 103 Å². The molecule has 64 heavy (non-hydrogen) atoms. The number of aromatic hydroxyl groups is 1. The Morgan fingerprint density at radius 3 is 1.69 bits per heavy atom. The Labute approximate surface area is 376 Å². The van der Waals surface area contributed by atoms with Crippen molar-refractivity contribution < 1.29 is 5.11 Å². The number of fused-ring (bicyclic) bond motifs is 8. The van der Waals surface area contributed by atoms with Gasteiger partial charge in [-0.25, -0.2) is 9.97 Å². The summed E-state index contributed by atoms with van der Waals surface area (Å²) in [5, 5.41) is 18.1. The van der Waals surface area contributed by atoms with Crippen LogP contribution in [-0.4, -0.2) is 19.6 Å². The van der Waals surface area contributed by atoms with Gasteiger partial charge in [0.15, 0.2) is 0 Å². The minimum Gasteiger partial charge on any atom is -0.507 e. The number of phenols is 1. The van der Waals surface area contributed by atoms with E-state index in [1.807, 2.05) is 0 Å². The predicted molar refractivity (Wildman–Crippen MR) is 271 cm³/mol. The smallest absolute Gasteiger partial charge is 0.149 e. The van der Waals surface area contributed by atoms with Crippen LogP contribution in [0.3, 0.4) is 0 Å². The Morgan fingerprint density at radius 1 is 0.422 bits per heavy atom. The average Bonchev–Trinajstić information content (AvgIpc) is 3.67. The zero-order valence-electron chi connectivity index (χ0n) is 38.4. The van der Waals surface area contributed by atoms with E-state index in [0.29, 0.717) is 11.4 Å². The van der Waals surface area contributed by atoms with Gasteiger partial charge < -0.3 is 5.11 Å². The third kappa shape index (κ3) is 7.02. The van der Waals surface area contributed by atoms with Crippen LogP contribution in [0, 0.1) is 0 Å². The minimum absolute atomic E-state index is 0.0804. The summed E-state index contributed by atoms with van der Waals surface area (Å²) < 4.78 is 2.30. The summed E-state index contributed by atoms with van der Waals surface area (Å²) in [5.74, 6) is 0.938. The molecule has 10 rings (SSSR count). The Bertz CT molecular complexity index is 3430. The highest BCUT2D eigenvalue weighted by Gasteiger charge is 2.30. The van der Waals surface area contributed by atoms with E-state index in [2.05, 4.69) is 231 Å². The molecule has 0 unspecified atom stereocenters. The molecule has 10 aromatic rings. The van der Waals surface area contributed by atoms with Crippen LogP contribution in [0.4, 0.5) is 0 Å². The molecule has 316 valence electrons. The zero-order chi connectivity index (χ0) is 44.7. The van der Waals surface area contributed by atoms with Crippen LogP contribution in [0.5, 0.6) is 5.75 Å². The predicted octanol–water partition coefficient (Wildman–Crippen LogP) is 16.1. The lowest BCUT2D eigenvalue weighted by molar-refractivity contribution is 0.446. The monoisotopic (exact) mass is 833 g/mol. The highest BCUT2D eigenvalue weighted by molar-refractivity contribution is 6.30. The number of nitrogens with zero attached hydrogens (tertiary/aromatic N) is 3. The molecule has 4 heteroatoms. The highest BCUT2D eigenvalue weighted by atomic mass is 16.3. The second-order valence-electron chi connectivity index (χ2n) is 20.5. The van der Waals surface area contributed by atoms with Crippen LogP contribution in [0.1, 0.15) is 79.0 Å². The maximum atomic E-state index is 12.6. The molecular formula is C60H55N3O. The summed E-state index contributed by atoms with van der Waals surface area (Å²) in [6, 6.07) is 58.5. The van der Waals surface area contributed by atoms with Gasteiger partial charge in [-0.1, -0.05) is 184 Å². The number of phenolic OH excluding ortho intramolecular Hbond substituents is 1. The molecule has 0 fully saturated rings. The normalized spacial score (nSPS) is 12.5. The summed E-state index contributed by atoms with van der Waals surface area (Å²) in [5.41, 5.74) is 13.5. The van der Waals surface area contributed by atoms with E-state index < -0.39 is 0 Å². The van der Waals surface area contributed by atoms with Crippen LogP contribution in [-0.2, 0) is 16.2 Å². The van der Waals surface area contributed by atoms with Crippen molar-refractivity contribution in [2.75, 3.05) is 0 Å². The molecule has 8 aromatic carbocycles. The lowest BCUT2D eigenvalue weighted by Crippen LogP contribution is -2.17. The quantitative estimate of drug-likeness (QED) is 0.176. The third-order valence-corrected chi connectivity index (χ3v) is 12.9. The number of imidazole rings is 1. The van der Waals surface area contributed by atoms with Gasteiger partial charge in [-0.3, -0.25) is 4.57 Å². The summed E-state index contributed by atoms with van der Waals surface area (Å²) in [4.78, 5) is 11.4. The number of hydrogen-bond acceptors (Lipinski definition) is 3. The molecule has 0 spiro atoms. The van der Waals surface area contributed by atoms with Gasteiger partial charge >= 0.3 is 0 Å². The first kappa shape index (κ1) is 41.0. The first-order valence-electron chi connectivity index (χ1n) is 22.5. The fraction of sp³-hybridized carbons (Fsp3) is 0.200. The molecule has 4 nitrogen and oxygen atoms in total. The molecule has 0 saturated heterocycles. The van der Waals surface area contributed by atoms with E-state index in [0.717, 1.165) is 88.2 Å². The molecule has 0 aliphatic rings. The van der Waals surface area contributed by atoms with Gasteiger partial charge in [0.05, 0.1) is 33.5 Å². The molecule has 0 aliphatic heterocycles. The van der Waals surface area contributed by atoms with Gasteiger partial charge in [0.25, 0.3) is 0 Å². The Hall–Kier alpha value is -7.04. The van der Waals surface area contributed by atoms with Gasteiger partial charge in [0, 0.05) is 27.5 Å². The van der Waals surface area contributed by atoms with E-state index in [-0.39, 0.29) is 22.0 Å². The molecule has 0 atom stereocenters. The number of rotatable bonds is 5. The van der Waals surface area contributed by atoms with Crippen LogP contribution in [0.25, 0.3) is 94.1 Å². The van der Waals surface area contributed by atoms with Crippen LogP contribution >= 0.6 is 0 Å². The molecule has 2 heterocycles. The van der Waals surface area contributed by atoms with Crippen molar-refractivity contribution in [1.29, 1.82) is 0 Å². The maximum absolute atomic E-state index is 12.6. The van der Waals surface area contributed by atoms with Gasteiger partial charge in [-0.15, -0.1) is 0 Å². The zero-order valence-corrected chi connectivity index (χ0v) is 38.4. The van der Waals surface area contributed by atoms with Crippen LogP contribution < -0.4 is 0 Å². The number of pyridine rings is 1. The van der Waals surface area contributed by atoms with Crippen molar-refractivity contribution in [3.8, 4) is 56.3 Å². The number of hydrogen-bond donors (Lipinski definition) is 1. The molecule has 0 radical (unpaired) electrons. The van der Waals surface area contributed by atoms with Crippen molar-refractivity contribution in [3.05, 3.63) is 180 Å². The second kappa shape index (κ2) is 15.1. The Balaban J connectivity index is 1.37. The largest absolute Gasteiger partial charge is 0.507 e. The first-order chi connectivity index (χ1) is 30.6. The van der Waals surface area contributed by atoms with Crippen molar-refractivity contribution in [2.45, 2.75) is 78.6 Å². The minimum atomic E-state index is -0.333. The summed E-state index contributed by atoms with van der Waals surface area (Å²) in [6.07, 6.45) is 0. The summed E-state index contributed by atoms with van der Waals surface area (Å²) in [7, 11) is 0. The van der Waals surface area contributed by atoms with Gasteiger partial charge in [0.1, 0.15) is 11.6 Å². The first-order valence-corrected chi connectivity index (χ1v) is 22.5. The van der Waals surface area contributed by atoms with Crippen molar-refractivity contribution in [3.63, 3.8) is 0 Å². The van der Waals surface area contributed by atoms with Crippen molar-refractivity contribution in [2.24, 2.45) is 0 Å². The Morgan fingerprint density at radius 2 is 1.02 bits per heavy atom. The Kier molecular flexibility index (Phi) is 9.64.